The Hall–Kier alpha value is -2.98. The van der Waals surface area contributed by atoms with E-state index >= 15 is 0 Å². The van der Waals surface area contributed by atoms with E-state index in [-0.39, 0.29) is 12.3 Å². The number of rotatable bonds is 12. The van der Waals surface area contributed by atoms with Gasteiger partial charge in [-0.3, -0.25) is 14.4 Å². The molecule has 31 heavy (non-hydrogen) atoms. The van der Waals surface area contributed by atoms with E-state index in [9.17, 15) is 29.4 Å². The maximum Gasteiger partial charge on any atom is 0.326 e. The normalized spacial score (nSPS) is 15.6. The molecule has 0 heterocycles. The molecule has 0 saturated carbocycles. The first kappa shape index (κ1) is 26.1. The lowest BCUT2D eigenvalue weighted by Crippen LogP contribution is -2.59. The second-order valence-corrected chi connectivity index (χ2v) is 7.49. The Labute approximate surface area is 181 Å². The number of hydrogen-bond donors (Lipinski definition) is 6. The topological polar surface area (TPSA) is 171 Å². The standard InChI is InChI=1S/C21H32N4O6/c1-4-12(2)17(25-18(27)13(3)22)20(29)24-16(11-26)19(28)23-15(21(30)31)10-14-8-6-5-7-9-14/h5-9,12-13,15-17,26H,4,10-11,22H2,1-3H3,(H,23,28)(H,24,29)(H,25,27)(H,30,31). The summed E-state index contributed by atoms with van der Waals surface area (Å²) in [5.74, 6) is -3.57. The third-order valence-corrected chi connectivity index (χ3v) is 4.92. The maximum absolute atomic E-state index is 12.7. The second kappa shape index (κ2) is 12.7. The minimum absolute atomic E-state index is 0.0357. The van der Waals surface area contributed by atoms with Gasteiger partial charge in [0.25, 0.3) is 0 Å². The van der Waals surface area contributed by atoms with E-state index in [2.05, 4.69) is 16.0 Å². The van der Waals surface area contributed by atoms with Gasteiger partial charge >= 0.3 is 5.97 Å². The molecule has 1 rings (SSSR count). The number of nitrogens with one attached hydrogen (secondary N) is 3. The van der Waals surface area contributed by atoms with Crippen molar-refractivity contribution in [3.8, 4) is 0 Å². The van der Waals surface area contributed by atoms with Crippen LogP contribution in [0.3, 0.4) is 0 Å². The number of amides is 3. The number of hydrogen-bond acceptors (Lipinski definition) is 6. The molecule has 0 bridgehead atoms. The van der Waals surface area contributed by atoms with Gasteiger partial charge in [-0.2, -0.15) is 0 Å². The van der Waals surface area contributed by atoms with Crippen molar-refractivity contribution in [3.63, 3.8) is 0 Å². The lowest BCUT2D eigenvalue weighted by atomic mass is 9.97. The van der Waals surface area contributed by atoms with Crippen LogP contribution in [0.5, 0.6) is 0 Å². The van der Waals surface area contributed by atoms with Crippen molar-refractivity contribution in [2.45, 2.75) is 57.8 Å². The van der Waals surface area contributed by atoms with E-state index in [1.165, 1.54) is 6.92 Å². The molecule has 5 unspecified atom stereocenters. The molecule has 0 aliphatic carbocycles. The lowest BCUT2D eigenvalue weighted by Gasteiger charge is -2.27. The van der Waals surface area contributed by atoms with E-state index < -0.39 is 54.5 Å². The van der Waals surface area contributed by atoms with Gasteiger partial charge in [0.2, 0.25) is 17.7 Å². The number of benzene rings is 1. The zero-order valence-electron chi connectivity index (χ0n) is 18.0. The number of nitrogens with two attached hydrogens (primary N) is 1. The number of aliphatic carboxylic acids is 1. The number of carbonyl (C=O) groups excluding carboxylic acids is 3. The fourth-order valence-corrected chi connectivity index (χ4v) is 2.76. The minimum atomic E-state index is -1.39. The summed E-state index contributed by atoms with van der Waals surface area (Å²) in [6.45, 7) is 4.31. The van der Waals surface area contributed by atoms with Crippen LogP contribution in [-0.2, 0) is 25.6 Å². The van der Waals surface area contributed by atoms with Crippen LogP contribution < -0.4 is 21.7 Å². The number of aliphatic hydroxyl groups excluding tert-OH is 1. The Morgan fingerprint density at radius 3 is 2.00 bits per heavy atom. The molecule has 3 amide bonds. The maximum atomic E-state index is 12.7. The van der Waals surface area contributed by atoms with Gasteiger partial charge in [-0.25, -0.2) is 4.79 Å². The van der Waals surface area contributed by atoms with Gasteiger partial charge in [0.15, 0.2) is 0 Å². The monoisotopic (exact) mass is 436 g/mol. The second-order valence-electron chi connectivity index (χ2n) is 7.49. The quantitative estimate of drug-likeness (QED) is 0.248. The van der Waals surface area contributed by atoms with Gasteiger partial charge < -0.3 is 31.9 Å². The van der Waals surface area contributed by atoms with Crippen LogP contribution in [0.4, 0.5) is 0 Å². The average molecular weight is 437 g/mol. The van der Waals surface area contributed by atoms with Crippen molar-refractivity contribution in [2.75, 3.05) is 6.61 Å². The molecule has 10 nitrogen and oxygen atoms in total. The Morgan fingerprint density at radius 1 is 0.935 bits per heavy atom. The highest BCUT2D eigenvalue weighted by Crippen LogP contribution is 2.09. The summed E-state index contributed by atoms with van der Waals surface area (Å²) < 4.78 is 0. The van der Waals surface area contributed by atoms with E-state index in [1.807, 2.05) is 6.92 Å². The summed E-state index contributed by atoms with van der Waals surface area (Å²) in [4.78, 5) is 48.8. The van der Waals surface area contributed by atoms with Crippen LogP contribution in [0.15, 0.2) is 30.3 Å². The molecular formula is C21H32N4O6. The summed E-state index contributed by atoms with van der Waals surface area (Å²) in [6, 6.07) is 4.31. The summed E-state index contributed by atoms with van der Waals surface area (Å²) in [5, 5.41) is 26.3. The van der Waals surface area contributed by atoms with Crippen LogP contribution >= 0.6 is 0 Å². The minimum Gasteiger partial charge on any atom is -0.480 e. The first-order valence-electron chi connectivity index (χ1n) is 10.1. The van der Waals surface area contributed by atoms with Crippen LogP contribution in [0, 0.1) is 5.92 Å². The average Bonchev–Trinajstić information content (AvgIpc) is 2.74. The first-order valence-corrected chi connectivity index (χ1v) is 10.1. The van der Waals surface area contributed by atoms with E-state index in [0.717, 1.165) is 0 Å². The molecule has 0 spiro atoms. The third-order valence-electron chi connectivity index (χ3n) is 4.92. The van der Waals surface area contributed by atoms with Crippen LogP contribution in [0.25, 0.3) is 0 Å². The summed E-state index contributed by atoms with van der Waals surface area (Å²) >= 11 is 0. The highest BCUT2D eigenvalue weighted by molar-refractivity contribution is 5.94. The molecular weight excluding hydrogens is 404 g/mol. The fraction of sp³-hybridized carbons (Fsp3) is 0.524. The molecule has 5 atom stereocenters. The van der Waals surface area contributed by atoms with E-state index in [1.54, 1.807) is 37.3 Å². The van der Waals surface area contributed by atoms with Crippen LogP contribution in [-0.4, -0.2) is 64.7 Å². The van der Waals surface area contributed by atoms with Gasteiger partial charge in [-0.15, -0.1) is 0 Å². The molecule has 0 aliphatic rings. The molecule has 0 saturated heterocycles. The Bertz CT molecular complexity index is 755. The lowest BCUT2D eigenvalue weighted by molar-refractivity contribution is -0.142. The number of aliphatic hydroxyl groups is 1. The Kier molecular flexibility index (Phi) is 10.6. The largest absolute Gasteiger partial charge is 0.480 e. The van der Waals surface area contributed by atoms with Crippen LogP contribution in [0.2, 0.25) is 0 Å². The van der Waals surface area contributed by atoms with Crippen molar-refractivity contribution in [1.29, 1.82) is 0 Å². The van der Waals surface area contributed by atoms with Crippen molar-refractivity contribution < 1.29 is 29.4 Å². The predicted molar refractivity (Wildman–Crippen MR) is 114 cm³/mol. The molecule has 0 aliphatic heterocycles. The zero-order valence-corrected chi connectivity index (χ0v) is 18.0. The smallest absolute Gasteiger partial charge is 0.326 e. The Balaban J connectivity index is 2.87. The highest BCUT2D eigenvalue weighted by atomic mass is 16.4. The number of carboxylic acids is 1. The highest BCUT2D eigenvalue weighted by Gasteiger charge is 2.31. The summed E-state index contributed by atoms with van der Waals surface area (Å²) in [5.41, 5.74) is 6.25. The van der Waals surface area contributed by atoms with Crippen molar-refractivity contribution in [2.24, 2.45) is 11.7 Å². The Morgan fingerprint density at radius 2 is 1.52 bits per heavy atom. The molecule has 1 aromatic carbocycles. The van der Waals surface area contributed by atoms with Crippen LogP contribution in [0.1, 0.15) is 32.8 Å². The fourth-order valence-electron chi connectivity index (χ4n) is 2.76. The molecule has 0 fully saturated rings. The van der Waals surface area contributed by atoms with Crippen molar-refractivity contribution in [1.82, 2.24) is 16.0 Å². The first-order chi connectivity index (χ1) is 14.6. The van der Waals surface area contributed by atoms with Gasteiger partial charge in [0, 0.05) is 6.42 Å². The molecule has 172 valence electrons. The molecule has 0 radical (unpaired) electrons. The number of carboxylic acid groups (broad SMARTS) is 1. The van der Waals surface area contributed by atoms with Crippen molar-refractivity contribution >= 4 is 23.7 Å². The molecule has 10 heteroatoms. The van der Waals surface area contributed by atoms with Gasteiger partial charge in [0.1, 0.15) is 18.1 Å². The molecule has 0 aromatic heterocycles. The van der Waals surface area contributed by atoms with E-state index in [0.29, 0.717) is 12.0 Å². The third kappa shape index (κ3) is 8.35. The molecule has 1 aromatic rings. The zero-order chi connectivity index (χ0) is 23.6. The SMILES string of the molecule is CCC(C)C(NC(=O)C(C)N)C(=O)NC(CO)C(=O)NC(Cc1ccccc1)C(=O)O. The van der Waals surface area contributed by atoms with Gasteiger partial charge in [-0.1, -0.05) is 50.6 Å². The van der Waals surface area contributed by atoms with Gasteiger partial charge in [0.05, 0.1) is 12.6 Å². The summed E-state index contributed by atoms with van der Waals surface area (Å²) in [6.07, 6.45) is 0.597. The van der Waals surface area contributed by atoms with E-state index in [4.69, 9.17) is 5.73 Å². The van der Waals surface area contributed by atoms with Gasteiger partial charge in [-0.05, 0) is 18.4 Å². The summed E-state index contributed by atoms with van der Waals surface area (Å²) in [7, 11) is 0. The van der Waals surface area contributed by atoms with Crippen molar-refractivity contribution in [3.05, 3.63) is 35.9 Å². The predicted octanol–water partition coefficient (Wildman–Crippen LogP) is -0.846. The number of carbonyl (C=O) groups is 4. The molecule has 7 N–H and O–H groups in total.